The molecule has 2 amide bonds. The lowest BCUT2D eigenvalue weighted by Crippen LogP contribution is -2.51. The van der Waals surface area contributed by atoms with Gasteiger partial charge in [0.2, 0.25) is 5.91 Å². The molecule has 10 nitrogen and oxygen atoms in total. The van der Waals surface area contributed by atoms with Gasteiger partial charge in [-0.1, -0.05) is 44.2 Å². The molecule has 47 heavy (non-hydrogen) atoms. The summed E-state index contributed by atoms with van der Waals surface area (Å²) in [6, 6.07) is 6.34. The second kappa shape index (κ2) is 13.4. The number of likely N-dealkylation sites (tertiary alicyclic amines) is 1. The minimum atomic E-state index is -0.645. The van der Waals surface area contributed by atoms with E-state index in [2.05, 4.69) is 62.0 Å². The Morgan fingerprint density at radius 3 is 2.47 bits per heavy atom. The number of fused-ring (bicyclic) bond motifs is 1. The molecule has 246 valence electrons. The van der Waals surface area contributed by atoms with Gasteiger partial charge in [0.15, 0.2) is 0 Å². The number of methoxy groups -OCH3 is 1. The van der Waals surface area contributed by atoms with Gasteiger partial charge in [-0.25, -0.2) is 14.8 Å². The number of benzene rings is 1. The predicted octanol–water partition coefficient (Wildman–Crippen LogP) is 6.40. The highest BCUT2D eigenvalue weighted by atomic mass is 16.5. The first-order chi connectivity index (χ1) is 22.9. The molecule has 7 rings (SSSR count). The molecule has 2 aromatic heterocycles. The lowest BCUT2D eigenvalue weighted by atomic mass is 9.84. The van der Waals surface area contributed by atoms with E-state index >= 15 is 0 Å². The van der Waals surface area contributed by atoms with Gasteiger partial charge in [-0.2, -0.15) is 0 Å². The molecular formula is C37H45N7O3. The van der Waals surface area contributed by atoms with Crippen LogP contribution in [0.2, 0.25) is 0 Å². The maximum absolute atomic E-state index is 13.5. The Kier molecular flexibility index (Phi) is 8.86. The van der Waals surface area contributed by atoms with Gasteiger partial charge >= 0.3 is 6.09 Å². The molecule has 2 aliphatic carbocycles. The van der Waals surface area contributed by atoms with E-state index in [0.29, 0.717) is 12.6 Å². The fourth-order valence-corrected chi connectivity index (χ4v) is 7.48. The number of carbonyl (C=O) groups excluding carboxylic acids is 2. The van der Waals surface area contributed by atoms with E-state index in [0.717, 1.165) is 74.5 Å². The molecule has 0 bridgehead atoms. The zero-order valence-corrected chi connectivity index (χ0v) is 27.6. The number of carbonyl (C=O) groups is 2. The molecule has 10 heteroatoms. The Morgan fingerprint density at radius 1 is 0.936 bits per heavy atom. The monoisotopic (exact) mass is 635 g/mol. The summed E-state index contributed by atoms with van der Waals surface area (Å²) in [4.78, 5) is 43.7. The lowest BCUT2D eigenvalue weighted by molar-refractivity contribution is -0.135. The van der Waals surface area contributed by atoms with Crippen molar-refractivity contribution in [2.45, 2.75) is 83.3 Å². The fraction of sp³-hybridized carbons (Fsp3) is 0.459. The maximum atomic E-state index is 13.5. The first kappa shape index (κ1) is 31.2. The number of aromatic nitrogens is 4. The van der Waals surface area contributed by atoms with Crippen molar-refractivity contribution >= 4 is 23.6 Å². The number of imidazole rings is 2. The van der Waals surface area contributed by atoms with Gasteiger partial charge in [0.25, 0.3) is 0 Å². The van der Waals surface area contributed by atoms with Gasteiger partial charge in [0, 0.05) is 6.54 Å². The van der Waals surface area contributed by atoms with E-state index < -0.39 is 12.1 Å². The molecule has 4 heterocycles. The predicted molar refractivity (Wildman–Crippen MR) is 182 cm³/mol. The van der Waals surface area contributed by atoms with Crippen LogP contribution in [-0.4, -0.2) is 63.1 Å². The van der Waals surface area contributed by atoms with Crippen LogP contribution in [0.4, 0.5) is 4.79 Å². The Balaban J connectivity index is 1.03. The number of H-pyrrole nitrogens is 2. The van der Waals surface area contributed by atoms with E-state index in [9.17, 15) is 9.59 Å². The molecule has 3 atom stereocenters. The average molecular weight is 636 g/mol. The highest BCUT2D eigenvalue weighted by Crippen LogP contribution is 2.37. The molecule has 3 unspecified atom stereocenters. The number of amides is 2. The number of aryl methyl sites for hydroxylation is 1. The van der Waals surface area contributed by atoms with Gasteiger partial charge < -0.3 is 30.2 Å². The summed E-state index contributed by atoms with van der Waals surface area (Å²) in [5.41, 5.74) is 10.0. The Hall–Kier alpha value is -4.44. The molecule has 4 N–H and O–H groups in total. The van der Waals surface area contributed by atoms with Crippen molar-refractivity contribution in [3.63, 3.8) is 0 Å². The third kappa shape index (κ3) is 6.43. The van der Waals surface area contributed by atoms with Crippen molar-refractivity contribution in [1.29, 1.82) is 0 Å². The summed E-state index contributed by atoms with van der Waals surface area (Å²) in [5.74, 6) is 1.68. The number of rotatable bonds is 8. The number of nitrogens with one attached hydrogen (secondary N) is 4. The van der Waals surface area contributed by atoms with Gasteiger partial charge in [-0.15, -0.1) is 0 Å². The van der Waals surface area contributed by atoms with Crippen LogP contribution in [0.15, 0.2) is 53.9 Å². The van der Waals surface area contributed by atoms with Gasteiger partial charge in [0.05, 0.1) is 43.0 Å². The van der Waals surface area contributed by atoms with E-state index in [1.165, 1.54) is 46.9 Å². The summed E-state index contributed by atoms with van der Waals surface area (Å²) in [5, 5.41) is 6.24. The molecule has 1 aromatic carbocycles. The second-order valence-electron chi connectivity index (χ2n) is 13.5. The van der Waals surface area contributed by atoms with Crippen LogP contribution < -0.4 is 10.6 Å². The topological polar surface area (TPSA) is 128 Å². The van der Waals surface area contributed by atoms with E-state index in [4.69, 9.17) is 9.72 Å². The molecule has 2 saturated heterocycles. The molecule has 3 aromatic rings. The average Bonchev–Trinajstić information content (AvgIpc) is 3.93. The number of ether oxygens (including phenoxy) is 1. The number of hydrogen-bond donors (Lipinski definition) is 4. The normalized spacial score (nSPS) is 21.6. The maximum Gasteiger partial charge on any atom is 0.407 e. The van der Waals surface area contributed by atoms with Crippen LogP contribution in [-0.2, 0) is 16.0 Å². The van der Waals surface area contributed by atoms with Crippen molar-refractivity contribution in [2.24, 2.45) is 5.92 Å². The molecule has 2 aliphatic heterocycles. The highest BCUT2D eigenvalue weighted by Gasteiger charge is 2.37. The van der Waals surface area contributed by atoms with Gasteiger partial charge in [-0.05, 0) is 103 Å². The summed E-state index contributed by atoms with van der Waals surface area (Å²) < 4.78 is 4.76. The zero-order chi connectivity index (χ0) is 32.5. The van der Waals surface area contributed by atoms with Crippen molar-refractivity contribution in [2.75, 3.05) is 20.2 Å². The largest absolute Gasteiger partial charge is 0.453 e. The molecule has 4 aliphatic rings. The number of alkyl carbamates (subject to hydrolysis) is 1. The second-order valence-corrected chi connectivity index (χ2v) is 13.5. The highest BCUT2D eigenvalue weighted by molar-refractivity contribution is 5.86. The van der Waals surface area contributed by atoms with Crippen LogP contribution >= 0.6 is 0 Å². The summed E-state index contributed by atoms with van der Waals surface area (Å²) in [6.07, 6.45) is 18.2. The Bertz CT molecular complexity index is 1740. The van der Waals surface area contributed by atoms with Crippen molar-refractivity contribution < 1.29 is 14.3 Å². The number of hydrogen-bond acceptors (Lipinski definition) is 6. The molecule has 2 fully saturated rings. The quantitative estimate of drug-likeness (QED) is 0.227. The minimum Gasteiger partial charge on any atom is -0.453 e. The summed E-state index contributed by atoms with van der Waals surface area (Å²) in [7, 11) is 1.31. The molecular weight excluding hydrogens is 590 g/mol. The summed E-state index contributed by atoms with van der Waals surface area (Å²) >= 11 is 0. The van der Waals surface area contributed by atoms with Crippen LogP contribution in [0.3, 0.4) is 0 Å². The third-order valence-corrected chi connectivity index (χ3v) is 10.2. The van der Waals surface area contributed by atoms with Gasteiger partial charge in [0.1, 0.15) is 17.7 Å². The standard InChI is InChI=1S/C37H45N7O3/c1-22(2)33(43-37(46)47-3)36(45)44-17-5-7-32(44)35-40-20-30(42-35)24-10-8-23(9-11-24)25-12-13-27-19-28(15-14-26(27)18-25)31-21-39-34(41-31)29-6-4-16-38-29/h8,10,14-15,18-22,29,32-33,38H,4-7,9,11-13,16-17H2,1-3H3,(H,39,41)(H,40,42)(H,43,46). The minimum absolute atomic E-state index is 0.0666. The first-order valence-corrected chi connectivity index (χ1v) is 17.1. The van der Waals surface area contributed by atoms with Crippen LogP contribution in [0, 0.1) is 5.92 Å². The number of allylic oxidation sites excluding steroid dienone is 5. The van der Waals surface area contributed by atoms with Crippen LogP contribution in [0.1, 0.15) is 99.3 Å². The number of aromatic amines is 2. The lowest BCUT2D eigenvalue weighted by Gasteiger charge is -2.30. The Morgan fingerprint density at radius 2 is 1.70 bits per heavy atom. The van der Waals surface area contributed by atoms with E-state index in [1.807, 2.05) is 31.1 Å². The van der Waals surface area contributed by atoms with Crippen LogP contribution in [0.5, 0.6) is 0 Å². The zero-order valence-electron chi connectivity index (χ0n) is 27.6. The summed E-state index contributed by atoms with van der Waals surface area (Å²) in [6.45, 7) is 5.56. The molecule has 0 saturated carbocycles. The van der Waals surface area contributed by atoms with Crippen molar-refractivity contribution in [3.05, 3.63) is 82.4 Å². The van der Waals surface area contributed by atoms with E-state index in [1.54, 1.807) is 0 Å². The van der Waals surface area contributed by atoms with Crippen molar-refractivity contribution in [1.82, 2.24) is 35.5 Å². The molecule has 0 radical (unpaired) electrons. The Labute approximate surface area is 276 Å². The smallest absolute Gasteiger partial charge is 0.407 e. The van der Waals surface area contributed by atoms with Gasteiger partial charge in [-0.3, -0.25) is 4.79 Å². The fourth-order valence-electron chi connectivity index (χ4n) is 7.48. The SMILES string of the molecule is COC(=O)NC(C(=O)N1CCCC1c1ncc(C2=CC=C(C3=Cc4ccc(-c5cnc(C6CCCN6)[nH]5)cc4CC3)CC2)[nH]1)C(C)C. The van der Waals surface area contributed by atoms with Crippen LogP contribution in [0.25, 0.3) is 22.9 Å². The molecule has 0 spiro atoms. The van der Waals surface area contributed by atoms with E-state index in [-0.39, 0.29) is 17.9 Å². The number of nitrogens with zero attached hydrogens (tertiary/aromatic N) is 3. The first-order valence-electron chi connectivity index (χ1n) is 17.1. The van der Waals surface area contributed by atoms with Crippen molar-refractivity contribution in [3.8, 4) is 11.3 Å². The third-order valence-electron chi connectivity index (χ3n) is 10.2.